The molecular formula is C23H24FN5O5S2. The van der Waals surface area contributed by atoms with Crippen molar-refractivity contribution in [1.82, 2.24) is 4.57 Å². The number of nitrogen functional groups attached to an aromatic ring is 1. The van der Waals surface area contributed by atoms with Crippen LogP contribution in [0.25, 0.3) is 10.9 Å². The van der Waals surface area contributed by atoms with Crippen molar-refractivity contribution < 1.29 is 26.0 Å². The van der Waals surface area contributed by atoms with E-state index in [9.17, 15) is 26.0 Å². The molecule has 0 aliphatic heterocycles. The maximum atomic E-state index is 13.8. The number of primary sulfonamides is 2. The van der Waals surface area contributed by atoms with Crippen LogP contribution in [0.15, 0.2) is 88.8 Å². The lowest BCUT2D eigenvalue weighted by Gasteiger charge is -2.15. The molecular weight excluding hydrogens is 509 g/mol. The second kappa shape index (κ2) is 10.5. The summed E-state index contributed by atoms with van der Waals surface area (Å²) in [5.74, 6) is -0.660. The summed E-state index contributed by atoms with van der Waals surface area (Å²) < 4.78 is 59.3. The third-order valence-corrected chi connectivity index (χ3v) is 7.02. The minimum absolute atomic E-state index is 0.0366. The maximum absolute atomic E-state index is 13.8. The van der Waals surface area contributed by atoms with E-state index in [1.165, 1.54) is 54.6 Å². The van der Waals surface area contributed by atoms with Gasteiger partial charge in [-0.1, -0.05) is 6.07 Å². The van der Waals surface area contributed by atoms with Gasteiger partial charge in [0.2, 0.25) is 26.0 Å². The van der Waals surface area contributed by atoms with Crippen LogP contribution in [0.5, 0.6) is 0 Å². The minimum Gasteiger partial charge on any atom is -0.399 e. The Morgan fingerprint density at radius 3 is 1.92 bits per heavy atom. The Kier molecular flexibility index (Phi) is 7.79. The van der Waals surface area contributed by atoms with Crippen LogP contribution in [-0.2, 0) is 24.8 Å². The molecule has 1 atom stereocenters. The van der Waals surface area contributed by atoms with E-state index in [0.29, 0.717) is 22.3 Å². The normalized spacial score (nSPS) is 12.4. The molecule has 0 aliphatic carbocycles. The van der Waals surface area contributed by atoms with Crippen LogP contribution in [0, 0.1) is 5.82 Å². The van der Waals surface area contributed by atoms with Gasteiger partial charge in [0, 0.05) is 23.0 Å². The fraction of sp³-hybridized carbons (Fsp3) is 0.0870. The number of anilines is 2. The van der Waals surface area contributed by atoms with Crippen molar-refractivity contribution in [3.05, 3.63) is 84.8 Å². The number of aromatic nitrogens is 1. The first-order valence-corrected chi connectivity index (χ1v) is 13.4. The number of amides is 1. The standard InChI is InChI=1S/C17H16FN3O3S.C6H8N2O2S/c1-11(21-10-9-14-15(18)3-2-4-16(14)21)17(22)20-12-5-7-13(8-6-12)25(19,23)24;7-5-1-3-6(4-2-5)11(8,9)10/h2-11H,1H3,(H,20,22)(H2,19,23,24);1-4H,7H2,(H2,8,9,10)/t11-;/m1./s1. The first kappa shape index (κ1) is 26.8. The Morgan fingerprint density at radius 2 is 1.39 bits per heavy atom. The van der Waals surface area contributed by atoms with E-state index in [1.54, 1.807) is 35.9 Å². The number of nitrogens with one attached hydrogen (secondary N) is 1. The summed E-state index contributed by atoms with van der Waals surface area (Å²) in [6, 6.07) is 17.0. The molecule has 0 spiro atoms. The molecule has 0 radical (unpaired) electrons. The molecule has 36 heavy (non-hydrogen) atoms. The fourth-order valence-electron chi connectivity index (χ4n) is 3.25. The first-order chi connectivity index (χ1) is 16.8. The van der Waals surface area contributed by atoms with E-state index in [1.807, 2.05) is 0 Å². The van der Waals surface area contributed by atoms with Gasteiger partial charge in [0.05, 0.1) is 15.3 Å². The zero-order valence-electron chi connectivity index (χ0n) is 19.0. The SMILES string of the molecule is C[C@H](C(=O)Nc1ccc(S(N)(=O)=O)cc1)n1ccc2c(F)cccc21.Nc1ccc(S(N)(=O)=O)cc1. The molecule has 0 saturated carbocycles. The molecule has 13 heteroatoms. The molecule has 0 bridgehead atoms. The van der Waals surface area contributed by atoms with Crippen molar-refractivity contribution >= 4 is 48.2 Å². The second-order valence-electron chi connectivity index (χ2n) is 7.74. The van der Waals surface area contributed by atoms with E-state index in [0.717, 1.165) is 0 Å². The number of halogens is 1. The van der Waals surface area contributed by atoms with Gasteiger partial charge in [0.25, 0.3) is 0 Å². The molecule has 3 aromatic carbocycles. The highest BCUT2D eigenvalue weighted by atomic mass is 32.2. The smallest absolute Gasteiger partial charge is 0.247 e. The van der Waals surface area contributed by atoms with Gasteiger partial charge in [0.15, 0.2) is 0 Å². The summed E-state index contributed by atoms with van der Waals surface area (Å²) in [5, 5.41) is 13.0. The van der Waals surface area contributed by atoms with Gasteiger partial charge < -0.3 is 15.6 Å². The molecule has 4 rings (SSSR count). The summed E-state index contributed by atoms with van der Waals surface area (Å²) in [6.45, 7) is 1.69. The summed E-state index contributed by atoms with van der Waals surface area (Å²) in [5.41, 5.74) is 6.90. The minimum atomic E-state index is -3.78. The van der Waals surface area contributed by atoms with E-state index in [2.05, 4.69) is 5.32 Å². The lowest BCUT2D eigenvalue weighted by Crippen LogP contribution is -2.23. The maximum Gasteiger partial charge on any atom is 0.247 e. The summed E-state index contributed by atoms with van der Waals surface area (Å²) in [7, 11) is -7.36. The number of fused-ring (bicyclic) bond motifs is 1. The highest BCUT2D eigenvalue weighted by Crippen LogP contribution is 2.23. The van der Waals surface area contributed by atoms with Crippen molar-refractivity contribution in [3.8, 4) is 0 Å². The number of sulfonamides is 2. The first-order valence-electron chi connectivity index (χ1n) is 10.3. The van der Waals surface area contributed by atoms with Crippen molar-refractivity contribution in [3.63, 3.8) is 0 Å². The van der Waals surface area contributed by atoms with E-state index in [-0.39, 0.29) is 21.5 Å². The predicted octanol–water partition coefficient (Wildman–Crippen LogP) is 2.54. The third-order valence-electron chi connectivity index (χ3n) is 5.17. The number of nitrogens with zero attached hydrogens (tertiary/aromatic N) is 1. The molecule has 4 aromatic rings. The summed E-state index contributed by atoms with van der Waals surface area (Å²) in [4.78, 5) is 12.5. The second-order valence-corrected chi connectivity index (χ2v) is 10.9. The van der Waals surface area contributed by atoms with Gasteiger partial charge in [-0.2, -0.15) is 0 Å². The van der Waals surface area contributed by atoms with Gasteiger partial charge in [0.1, 0.15) is 11.9 Å². The molecule has 0 saturated heterocycles. The van der Waals surface area contributed by atoms with Gasteiger partial charge in [-0.25, -0.2) is 31.5 Å². The van der Waals surface area contributed by atoms with Crippen LogP contribution in [0.2, 0.25) is 0 Å². The quantitative estimate of drug-likeness (QED) is 0.286. The molecule has 1 amide bonds. The molecule has 0 unspecified atom stereocenters. The van der Waals surface area contributed by atoms with E-state index >= 15 is 0 Å². The van der Waals surface area contributed by atoms with Gasteiger partial charge in [-0.3, -0.25) is 4.79 Å². The van der Waals surface area contributed by atoms with Gasteiger partial charge >= 0.3 is 0 Å². The number of rotatable bonds is 5. The van der Waals surface area contributed by atoms with Crippen molar-refractivity contribution in [2.75, 3.05) is 11.1 Å². The summed E-state index contributed by atoms with van der Waals surface area (Å²) in [6.07, 6.45) is 1.65. The predicted molar refractivity (Wildman–Crippen MR) is 135 cm³/mol. The molecule has 190 valence electrons. The number of nitrogens with two attached hydrogens (primary N) is 3. The average molecular weight is 534 g/mol. The largest absolute Gasteiger partial charge is 0.399 e. The van der Waals surface area contributed by atoms with Crippen molar-refractivity contribution in [2.24, 2.45) is 10.3 Å². The van der Waals surface area contributed by atoms with Crippen LogP contribution in [-0.4, -0.2) is 27.3 Å². The van der Waals surface area contributed by atoms with Crippen LogP contribution in [0.4, 0.5) is 15.8 Å². The van der Waals surface area contributed by atoms with Crippen LogP contribution in [0.3, 0.4) is 0 Å². The summed E-state index contributed by atoms with van der Waals surface area (Å²) >= 11 is 0. The fourth-order valence-corrected chi connectivity index (χ4v) is 4.28. The average Bonchev–Trinajstić information content (AvgIpc) is 3.24. The number of hydrogen-bond donors (Lipinski definition) is 4. The molecule has 0 fully saturated rings. The Balaban J connectivity index is 0.000000275. The Bertz CT molecular complexity index is 1600. The van der Waals surface area contributed by atoms with Crippen molar-refractivity contribution in [1.29, 1.82) is 0 Å². The monoisotopic (exact) mass is 533 g/mol. The molecule has 1 aromatic heterocycles. The van der Waals surface area contributed by atoms with E-state index in [4.69, 9.17) is 16.0 Å². The third kappa shape index (κ3) is 6.46. The molecule has 0 aliphatic rings. The Labute approximate surface area is 207 Å². The Morgan fingerprint density at radius 1 is 0.861 bits per heavy atom. The lowest BCUT2D eigenvalue weighted by atomic mass is 10.2. The Hall–Kier alpha value is -3.78. The number of benzene rings is 3. The topological polar surface area (TPSA) is 180 Å². The lowest BCUT2D eigenvalue weighted by molar-refractivity contribution is -0.118. The number of carbonyl (C=O) groups excluding carboxylic acids is 1. The zero-order chi connectivity index (χ0) is 26.7. The van der Waals surface area contributed by atoms with Gasteiger partial charge in [-0.15, -0.1) is 0 Å². The van der Waals surface area contributed by atoms with Crippen LogP contribution >= 0.6 is 0 Å². The van der Waals surface area contributed by atoms with Crippen molar-refractivity contribution in [2.45, 2.75) is 22.8 Å². The van der Waals surface area contributed by atoms with E-state index < -0.39 is 26.1 Å². The zero-order valence-corrected chi connectivity index (χ0v) is 20.6. The van der Waals surface area contributed by atoms with Crippen LogP contribution < -0.4 is 21.3 Å². The highest BCUT2D eigenvalue weighted by Gasteiger charge is 2.18. The van der Waals surface area contributed by atoms with Gasteiger partial charge in [-0.05, 0) is 73.7 Å². The molecule has 10 nitrogen and oxygen atoms in total. The number of carbonyl (C=O) groups is 1. The molecule has 1 heterocycles. The number of hydrogen-bond acceptors (Lipinski definition) is 6. The molecule has 7 N–H and O–H groups in total. The van der Waals surface area contributed by atoms with Crippen LogP contribution in [0.1, 0.15) is 13.0 Å². The highest BCUT2D eigenvalue weighted by molar-refractivity contribution is 7.89.